The van der Waals surface area contributed by atoms with Crippen LogP contribution in [0, 0.1) is 6.92 Å². The molecule has 0 radical (unpaired) electrons. The molecule has 0 fully saturated rings. The van der Waals surface area contributed by atoms with Gasteiger partial charge in [-0.2, -0.15) is 0 Å². The van der Waals surface area contributed by atoms with E-state index in [0.29, 0.717) is 11.7 Å². The quantitative estimate of drug-likeness (QED) is 0.643. The monoisotopic (exact) mass is 364 g/mol. The molecule has 0 N–H and O–H groups in total. The first-order valence-electron chi connectivity index (χ1n) is 8.54. The van der Waals surface area contributed by atoms with Crippen molar-refractivity contribution in [3.05, 3.63) is 72.1 Å². The lowest BCUT2D eigenvalue weighted by atomic mass is 10.2. The average molecular weight is 364 g/mol. The number of esters is 1. The molecule has 3 rings (SSSR count). The van der Waals surface area contributed by atoms with Crippen LogP contribution in [0.15, 0.2) is 65.1 Å². The van der Waals surface area contributed by atoms with Crippen molar-refractivity contribution in [1.82, 2.24) is 4.98 Å². The van der Waals surface area contributed by atoms with Gasteiger partial charge in [0.1, 0.15) is 5.76 Å². The number of hydrogen-bond donors (Lipinski definition) is 0. The molecule has 138 valence electrons. The average Bonchev–Trinajstić information content (AvgIpc) is 3.10. The Morgan fingerprint density at radius 2 is 1.63 bits per heavy atom. The van der Waals surface area contributed by atoms with Crippen molar-refractivity contribution in [2.45, 2.75) is 20.0 Å². The van der Waals surface area contributed by atoms with E-state index < -0.39 is 12.1 Å². The van der Waals surface area contributed by atoms with Crippen LogP contribution in [0.4, 0.5) is 5.69 Å². The van der Waals surface area contributed by atoms with Gasteiger partial charge in [-0.1, -0.05) is 36.4 Å². The topological polar surface area (TPSA) is 72.6 Å². The first-order valence-corrected chi connectivity index (χ1v) is 8.54. The van der Waals surface area contributed by atoms with Gasteiger partial charge >= 0.3 is 5.97 Å². The van der Waals surface area contributed by atoms with Crippen LogP contribution in [0.3, 0.4) is 0 Å². The van der Waals surface area contributed by atoms with E-state index in [4.69, 9.17) is 9.15 Å². The molecule has 0 saturated carbocycles. The summed E-state index contributed by atoms with van der Waals surface area (Å²) in [6, 6.07) is 18.4. The molecule has 1 atom stereocenters. The number of ether oxygens (including phenoxy) is 1. The standard InChI is InChI=1S/C21H20N2O4/c1-14-18(22-19(26-14)16-10-6-4-7-11-16)21(25)27-15(2)20(24)23(3)17-12-8-5-9-13-17/h4-13,15H,1-3H3/t15-/m0/s1. The van der Waals surface area contributed by atoms with Gasteiger partial charge in [0.15, 0.2) is 11.8 Å². The van der Waals surface area contributed by atoms with Gasteiger partial charge in [0.25, 0.3) is 5.91 Å². The zero-order valence-electron chi connectivity index (χ0n) is 15.4. The molecule has 0 saturated heterocycles. The Bertz CT molecular complexity index is 935. The van der Waals surface area contributed by atoms with Crippen LogP contribution in [-0.2, 0) is 9.53 Å². The molecular formula is C21H20N2O4. The number of anilines is 1. The fourth-order valence-electron chi connectivity index (χ4n) is 2.61. The summed E-state index contributed by atoms with van der Waals surface area (Å²) in [6.07, 6.45) is -0.959. The Morgan fingerprint density at radius 3 is 2.26 bits per heavy atom. The molecular weight excluding hydrogens is 344 g/mol. The van der Waals surface area contributed by atoms with Crippen LogP contribution in [0.1, 0.15) is 23.2 Å². The van der Waals surface area contributed by atoms with Crippen molar-refractivity contribution in [2.24, 2.45) is 0 Å². The van der Waals surface area contributed by atoms with Gasteiger partial charge in [-0.05, 0) is 38.1 Å². The number of carbonyl (C=O) groups excluding carboxylic acids is 2. The van der Waals surface area contributed by atoms with Gasteiger partial charge in [-0.3, -0.25) is 4.79 Å². The van der Waals surface area contributed by atoms with E-state index in [9.17, 15) is 9.59 Å². The van der Waals surface area contributed by atoms with E-state index in [1.165, 1.54) is 11.8 Å². The third-order valence-corrected chi connectivity index (χ3v) is 4.12. The molecule has 1 aromatic heterocycles. The van der Waals surface area contributed by atoms with Gasteiger partial charge in [-0.25, -0.2) is 9.78 Å². The minimum absolute atomic E-state index is 0.0656. The van der Waals surface area contributed by atoms with E-state index in [2.05, 4.69) is 4.98 Å². The SMILES string of the molecule is Cc1oc(-c2ccccc2)nc1C(=O)O[C@@H](C)C(=O)N(C)c1ccccc1. The predicted octanol–water partition coefficient (Wildman–Crippen LogP) is 3.86. The normalized spacial score (nSPS) is 11.7. The first-order chi connectivity index (χ1) is 13.0. The van der Waals surface area contributed by atoms with Crippen LogP contribution >= 0.6 is 0 Å². The molecule has 2 aromatic carbocycles. The number of para-hydroxylation sites is 1. The molecule has 1 amide bonds. The highest BCUT2D eigenvalue weighted by Gasteiger charge is 2.26. The molecule has 0 aliphatic carbocycles. The fourth-order valence-corrected chi connectivity index (χ4v) is 2.61. The number of aromatic nitrogens is 1. The molecule has 0 unspecified atom stereocenters. The van der Waals surface area contributed by atoms with Crippen LogP contribution in [0.5, 0.6) is 0 Å². The highest BCUT2D eigenvalue weighted by atomic mass is 16.5. The van der Waals surface area contributed by atoms with Crippen molar-refractivity contribution in [1.29, 1.82) is 0 Å². The van der Waals surface area contributed by atoms with E-state index in [0.717, 1.165) is 11.3 Å². The molecule has 0 aliphatic rings. The summed E-state index contributed by atoms with van der Waals surface area (Å²) >= 11 is 0. The Morgan fingerprint density at radius 1 is 1.04 bits per heavy atom. The molecule has 1 heterocycles. The fraction of sp³-hybridized carbons (Fsp3) is 0.190. The largest absolute Gasteiger partial charge is 0.448 e. The Hall–Kier alpha value is -3.41. The number of aryl methyl sites for hydroxylation is 1. The van der Waals surface area contributed by atoms with Gasteiger partial charge in [-0.15, -0.1) is 0 Å². The summed E-state index contributed by atoms with van der Waals surface area (Å²) in [5, 5.41) is 0. The smallest absolute Gasteiger partial charge is 0.361 e. The molecule has 6 nitrogen and oxygen atoms in total. The molecule has 0 spiro atoms. The highest BCUT2D eigenvalue weighted by molar-refractivity contribution is 5.98. The third-order valence-electron chi connectivity index (χ3n) is 4.12. The number of oxazole rings is 1. The molecule has 3 aromatic rings. The second kappa shape index (κ2) is 7.86. The summed E-state index contributed by atoms with van der Waals surface area (Å²) < 4.78 is 10.9. The van der Waals surface area contributed by atoms with Crippen molar-refractivity contribution in [3.63, 3.8) is 0 Å². The second-order valence-electron chi connectivity index (χ2n) is 6.07. The maximum Gasteiger partial charge on any atom is 0.361 e. The van der Waals surface area contributed by atoms with Crippen LogP contribution in [0.2, 0.25) is 0 Å². The summed E-state index contributed by atoms with van der Waals surface area (Å²) in [6.45, 7) is 3.17. The zero-order valence-corrected chi connectivity index (χ0v) is 15.4. The van der Waals surface area contributed by atoms with E-state index in [1.807, 2.05) is 48.5 Å². The Labute approximate surface area is 157 Å². The molecule has 6 heteroatoms. The number of likely N-dealkylation sites (N-methyl/N-ethyl adjacent to an activating group) is 1. The maximum atomic E-state index is 12.5. The lowest BCUT2D eigenvalue weighted by Crippen LogP contribution is -2.37. The summed E-state index contributed by atoms with van der Waals surface area (Å²) in [4.78, 5) is 30.7. The highest BCUT2D eigenvalue weighted by Crippen LogP contribution is 2.22. The third kappa shape index (κ3) is 4.06. The van der Waals surface area contributed by atoms with Crippen LogP contribution < -0.4 is 4.90 Å². The number of benzene rings is 2. The summed E-state index contributed by atoms with van der Waals surface area (Å²) in [5.41, 5.74) is 1.54. The number of hydrogen-bond acceptors (Lipinski definition) is 5. The minimum Gasteiger partial charge on any atom is -0.448 e. The van der Waals surface area contributed by atoms with Crippen molar-refractivity contribution in [3.8, 4) is 11.5 Å². The summed E-state index contributed by atoms with van der Waals surface area (Å²) in [7, 11) is 1.64. The number of rotatable bonds is 5. The lowest BCUT2D eigenvalue weighted by Gasteiger charge is -2.21. The Kier molecular flexibility index (Phi) is 5.35. The predicted molar refractivity (Wildman–Crippen MR) is 101 cm³/mol. The van der Waals surface area contributed by atoms with E-state index in [-0.39, 0.29) is 11.6 Å². The van der Waals surface area contributed by atoms with Crippen molar-refractivity contribution >= 4 is 17.6 Å². The molecule has 0 aliphatic heterocycles. The van der Waals surface area contributed by atoms with Crippen molar-refractivity contribution in [2.75, 3.05) is 11.9 Å². The second-order valence-corrected chi connectivity index (χ2v) is 6.07. The van der Waals surface area contributed by atoms with Gasteiger partial charge in [0.05, 0.1) is 0 Å². The van der Waals surface area contributed by atoms with Crippen LogP contribution in [0.25, 0.3) is 11.5 Å². The zero-order chi connectivity index (χ0) is 19.4. The van der Waals surface area contributed by atoms with E-state index >= 15 is 0 Å². The lowest BCUT2D eigenvalue weighted by molar-refractivity contribution is -0.126. The first kappa shape index (κ1) is 18.4. The Balaban J connectivity index is 1.72. The number of nitrogens with zero attached hydrogens (tertiary/aromatic N) is 2. The number of carbonyl (C=O) groups is 2. The van der Waals surface area contributed by atoms with Gasteiger partial charge < -0.3 is 14.1 Å². The van der Waals surface area contributed by atoms with E-state index in [1.54, 1.807) is 26.1 Å². The molecule has 0 bridgehead atoms. The van der Waals surface area contributed by atoms with Crippen molar-refractivity contribution < 1.29 is 18.7 Å². The van der Waals surface area contributed by atoms with Gasteiger partial charge in [0.2, 0.25) is 5.89 Å². The number of amides is 1. The molecule has 27 heavy (non-hydrogen) atoms. The van der Waals surface area contributed by atoms with Crippen LogP contribution in [-0.4, -0.2) is 30.0 Å². The maximum absolute atomic E-state index is 12.5. The minimum atomic E-state index is -0.959. The van der Waals surface area contributed by atoms with Gasteiger partial charge in [0, 0.05) is 18.3 Å². The summed E-state index contributed by atoms with van der Waals surface area (Å²) in [5.74, 6) is -0.352.